The van der Waals surface area contributed by atoms with Gasteiger partial charge in [0.05, 0.1) is 5.69 Å². The summed E-state index contributed by atoms with van der Waals surface area (Å²) in [5, 5.41) is 3.27. The molecule has 2 atom stereocenters. The molecule has 2 heterocycles. The van der Waals surface area contributed by atoms with Gasteiger partial charge in [-0.2, -0.15) is 0 Å². The van der Waals surface area contributed by atoms with Crippen molar-refractivity contribution in [3.05, 3.63) is 16.1 Å². The van der Waals surface area contributed by atoms with Gasteiger partial charge in [-0.3, -0.25) is 0 Å². The first kappa shape index (κ1) is 11.0. The van der Waals surface area contributed by atoms with Crippen molar-refractivity contribution in [2.75, 3.05) is 13.2 Å². The van der Waals surface area contributed by atoms with Gasteiger partial charge >= 0.3 is 0 Å². The molecule has 2 rings (SSSR count). The van der Waals surface area contributed by atoms with Crippen LogP contribution in [-0.2, 0) is 4.74 Å². The number of thiazole rings is 1. The van der Waals surface area contributed by atoms with Crippen LogP contribution in [0, 0.1) is 0 Å². The zero-order valence-corrected chi connectivity index (χ0v) is 9.93. The van der Waals surface area contributed by atoms with Crippen molar-refractivity contribution in [3.8, 4) is 0 Å². The SMILES string of the molecule is CCC(CN)c1csc(C2CCCO2)n1. The number of rotatable bonds is 4. The molecule has 1 aliphatic rings. The van der Waals surface area contributed by atoms with Crippen LogP contribution in [0.2, 0.25) is 0 Å². The van der Waals surface area contributed by atoms with Crippen LogP contribution in [0.1, 0.15) is 48.9 Å². The van der Waals surface area contributed by atoms with Crippen molar-refractivity contribution >= 4 is 11.3 Å². The van der Waals surface area contributed by atoms with Crippen molar-refractivity contribution in [2.45, 2.75) is 38.2 Å². The molecule has 4 heteroatoms. The first-order valence-corrected chi connectivity index (χ1v) is 6.50. The van der Waals surface area contributed by atoms with Gasteiger partial charge in [-0.1, -0.05) is 6.92 Å². The molecular formula is C11H18N2OS. The summed E-state index contributed by atoms with van der Waals surface area (Å²) >= 11 is 1.71. The van der Waals surface area contributed by atoms with E-state index in [4.69, 9.17) is 10.5 Å². The Balaban J connectivity index is 2.08. The minimum absolute atomic E-state index is 0.249. The summed E-state index contributed by atoms with van der Waals surface area (Å²) in [5.74, 6) is 0.413. The molecular weight excluding hydrogens is 208 g/mol. The third kappa shape index (κ3) is 2.38. The Labute approximate surface area is 94.7 Å². The fraction of sp³-hybridized carbons (Fsp3) is 0.727. The predicted molar refractivity (Wildman–Crippen MR) is 62.1 cm³/mol. The van der Waals surface area contributed by atoms with Gasteiger partial charge in [0.2, 0.25) is 0 Å². The van der Waals surface area contributed by atoms with E-state index in [9.17, 15) is 0 Å². The fourth-order valence-electron chi connectivity index (χ4n) is 1.91. The first-order chi connectivity index (χ1) is 7.35. The Kier molecular flexibility index (Phi) is 3.72. The highest BCUT2D eigenvalue weighted by atomic mass is 32.1. The molecule has 1 aliphatic heterocycles. The summed E-state index contributed by atoms with van der Waals surface area (Å²) in [6.45, 7) is 3.72. The molecule has 0 bridgehead atoms. The highest BCUT2D eigenvalue weighted by molar-refractivity contribution is 7.09. The average molecular weight is 226 g/mol. The van der Waals surface area contributed by atoms with Crippen LogP contribution in [0.25, 0.3) is 0 Å². The first-order valence-electron chi connectivity index (χ1n) is 5.62. The molecule has 1 aromatic heterocycles. The Morgan fingerprint density at radius 3 is 3.20 bits per heavy atom. The highest BCUT2D eigenvalue weighted by Gasteiger charge is 2.22. The Bertz CT molecular complexity index is 287. The topological polar surface area (TPSA) is 48.1 Å². The van der Waals surface area contributed by atoms with E-state index in [1.807, 2.05) is 0 Å². The molecule has 2 N–H and O–H groups in total. The summed E-state index contributed by atoms with van der Waals surface area (Å²) in [4.78, 5) is 4.65. The summed E-state index contributed by atoms with van der Waals surface area (Å²) < 4.78 is 5.62. The van der Waals surface area contributed by atoms with Crippen LogP contribution in [0.15, 0.2) is 5.38 Å². The third-order valence-corrected chi connectivity index (χ3v) is 3.90. The van der Waals surface area contributed by atoms with E-state index in [-0.39, 0.29) is 6.10 Å². The fourth-order valence-corrected chi connectivity index (χ4v) is 2.89. The molecule has 0 aromatic carbocycles. The van der Waals surface area contributed by atoms with E-state index in [1.54, 1.807) is 11.3 Å². The minimum atomic E-state index is 0.249. The molecule has 2 unspecified atom stereocenters. The van der Waals surface area contributed by atoms with Gasteiger partial charge in [-0.25, -0.2) is 4.98 Å². The molecule has 0 radical (unpaired) electrons. The van der Waals surface area contributed by atoms with Crippen molar-refractivity contribution in [3.63, 3.8) is 0 Å². The average Bonchev–Trinajstić information content (AvgIpc) is 2.89. The van der Waals surface area contributed by atoms with Crippen LogP contribution in [0.3, 0.4) is 0 Å². The maximum Gasteiger partial charge on any atom is 0.122 e. The van der Waals surface area contributed by atoms with E-state index < -0.39 is 0 Å². The van der Waals surface area contributed by atoms with Crippen molar-refractivity contribution in [1.82, 2.24) is 4.98 Å². The Morgan fingerprint density at radius 2 is 2.60 bits per heavy atom. The van der Waals surface area contributed by atoms with Crippen LogP contribution >= 0.6 is 11.3 Å². The molecule has 0 aliphatic carbocycles. The van der Waals surface area contributed by atoms with E-state index in [1.165, 1.54) is 0 Å². The Morgan fingerprint density at radius 1 is 1.73 bits per heavy atom. The largest absolute Gasteiger partial charge is 0.371 e. The molecule has 15 heavy (non-hydrogen) atoms. The van der Waals surface area contributed by atoms with Gasteiger partial charge in [0, 0.05) is 24.4 Å². The lowest BCUT2D eigenvalue weighted by molar-refractivity contribution is 0.111. The lowest BCUT2D eigenvalue weighted by atomic mass is 10.0. The maximum atomic E-state index is 5.71. The maximum absolute atomic E-state index is 5.71. The van der Waals surface area contributed by atoms with Crippen molar-refractivity contribution in [1.29, 1.82) is 0 Å². The van der Waals surface area contributed by atoms with E-state index in [2.05, 4.69) is 17.3 Å². The van der Waals surface area contributed by atoms with Crippen LogP contribution < -0.4 is 5.73 Å². The smallest absolute Gasteiger partial charge is 0.122 e. The molecule has 0 amide bonds. The number of hydrogen-bond acceptors (Lipinski definition) is 4. The quantitative estimate of drug-likeness (QED) is 0.858. The zero-order valence-electron chi connectivity index (χ0n) is 9.11. The lowest BCUT2D eigenvalue weighted by Crippen LogP contribution is -2.12. The van der Waals surface area contributed by atoms with E-state index in [0.717, 1.165) is 36.6 Å². The normalized spacial score (nSPS) is 23.2. The number of aromatic nitrogens is 1. The van der Waals surface area contributed by atoms with E-state index >= 15 is 0 Å². The van der Waals surface area contributed by atoms with Crippen LogP contribution in [-0.4, -0.2) is 18.1 Å². The van der Waals surface area contributed by atoms with E-state index in [0.29, 0.717) is 12.5 Å². The monoisotopic (exact) mass is 226 g/mol. The second-order valence-electron chi connectivity index (χ2n) is 3.95. The molecule has 1 fully saturated rings. The second kappa shape index (κ2) is 5.05. The van der Waals surface area contributed by atoms with Crippen molar-refractivity contribution in [2.24, 2.45) is 5.73 Å². The number of hydrogen-bond donors (Lipinski definition) is 1. The molecule has 84 valence electrons. The van der Waals surface area contributed by atoms with Gasteiger partial charge in [-0.05, 0) is 19.3 Å². The summed E-state index contributed by atoms with van der Waals surface area (Å²) in [6, 6.07) is 0. The number of ether oxygens (including phenoxy) is 1. The van der Waals surface area contributed by atoms with Gasteiger partial charge < -0.3 is 10.5 Å². The standard InChI is InChI=1S/C11H18N2OS/c1-2-8(6-12)9-7-15-11(13-9)10-4-3-5-14-10/h7-8,10H,2-6,12H2,1H3. The van der Waals surface area contributed by atoms with Crippen LogP contribution in [0.5, 0.6) is 0 Å². The second-order valence-corrected chi connectivity index (χ2v) is 4.84. The number of nitrogens with two attached hydrogens (primary N) is 1. The molecule has 0 spiro atoms. The van der Waals surface area contributed by atoms with Gasteiger partial charge in [0.25, 0.3) is 0 Å². The summed E-state index contributed by atoms with van der Waals surface area (Å²) in [5.41, 5.74) is 6.86. The van der Waals surface area contributed by atoms with Gasteiger partial charge in [0.15, 0.2) is 0 Å². The van der Waals surface area contributed by atoms with Crippen LogP contribution in [0.4, 0.5) is 0 Å². The summed E-state index contributed by atoms with van der Waals surface area (Å²) in [7, 11) is 0. The Hall–Kier alpha value is -0.450. The van der Waals surface area contributed by atoms with Gasteiger partial charge in [-0.15, -0.1) is 11.3 Å². The summed E-state index contributed by atoms with van der Waals surface area (Å²) in [6.07, 6.45) is 3.59. The molecule has 1 saturated heterocycles. The highest BCUT2D eigenvalue weighted by Crippen LogP contribution is 2.32. The zero-order chi connectivity index (χ0) is 10.7. The molecule has 1 aromatic rings. The number of nitrogens with zero attached hydrogens (tertiary/aromatic N) is 1. The third-order valence-electron chi connectivity index (χ3n) is 2.94. The predicted octanol–water partition coefficient (Wildman–Crippen LogP) is 2.45. The molecule has 0 saturated carbocycles. The molecule has 3 nitrogen and oxygen atoms in total. The van der Waals surface area contributed by atoms with Gasteiger partial charge in [0.1, 0.15) is 11.1 Å². The van der Waals surface area contributed by atoms with Crippen molar-refractivity contribution < 1.29 is 4.74 Å². The lowest BCUT2D eigenvalue weighted by Gasteiger charge is -2.08. The minimum Gasteiger partial charge on any atom is -0.371 e.